The first-order valence-electron chi connectivity index (χ1n) is 7.27. The van der Waals surface area contributed by atoms with Crippen LogP contribution in [-0.2, 0) is 14.3 Å². The quantitative estimate of drug-likeness (QED) is 0.472. The van der Waals surface area contributed by atoms with Gasteiger partial charge in [0.25, 0.3) is 5.91 Å². The van der Waals surface area contributed by atoms with E-state index in [0.717, 1.165) is 0 Å². The molecule has 1 aromatic rings. The summed E-state index contributed by atoms with van der Waals surface area (Å²) in [6, 6.07) is 8.53. The number of esters is 1. The Morgan fingerprint density at radius 1 is 1.30 bits per heavy atom. The first kappa shape index (κ1) is 18.2. The van der Waals surface area contributed by atoms with E-state index in [2.05, 4.69) is 5.32 Å². The number of hydrogen-bond acceptors (Lipinski definition) is 5. The largest absolute Gasteiger partial charge is 0.482 e. The third-order valence-corrected chi connectivity index (χ3v) is 2.64. The molecule has 6 heteroatoms. The Morgan fingerprint density at radius 3 is 2.48 bits per heavy atom. The van der Waals surface area contributed by atoms with Crippen LogP contribution in [0.2, 0.25) is 0 Å². The number of carbonyl (C=O) groups is 2. The van der Waals surface area contributed by atoms with E-state index < -0.39 is 11.9 Å². The number of nitriles is 1. The highest BCUT2D eigenvalue weighted by atomic mass is 16.6. The van der Waals surface area contributed by atoms with Crippen LogP contribution in [0.15, 0.2) is 29.8 Å². The summed E-state index contributed by atoms with van der Waals surface area (Å²) >= 11 is 0. The first-order valence-corrected chi connectivity index (χ1v) is 7.27. The topological polar surface area (TPSA) is 88.4 Å². The molecule has 0 bridgehead atoms. The van der Waals surface area contributed by atoms with E-state index in [1.807, 2.05) is 19.9 Å². The predicted octanol–water partition coefficient (Wildman–Crippen LogP) is 2.06. The molecule has 23 heavy (non-hydrogen) atoms. The van der Waals surface area contributed by atoms with Crippen molar-refractivity contribution in [3.8, 4) is 11.8 Å². The molecule has 0 aliphatic heterocycles. The van der Waals surface area contributed by atoms with Gasteiger partial charge < -0.3 is 14.8 Å². The van der Waals surface area contributed by atoms with Crippen molar-refractivity contribution in [3.05, 3.63) is 35.4 Å². The molecular weight excluding hydrogens is 296 g/mol. The SMILES string of the molecule is CCOC(=O)COc1ccc(/C=C(/C#N)C(=O)NC(C)C)cc1. The van der Waals surface area contributed by atoms with Crippen molar-refractivity contribution in [2.45, 2.75) is 26.8 Å². The van der Waals surface area contributed by atoms with Gasteiger partial charge >= 0.3 is 5.97 Å². The molecule has 0 radical (unpaired) electrons. The number of rotatable bonds is 7. The monoisotopic (exact) mass is 316 g/mol. The van der Waals surface area contributed by atoms with Crippen LogP contribution in [0.1, 0.15) is 26.3 Å². The van der Waals surface area contributed by atoms with Gasteiger partial charge in [-0.1, -0.05) is 12.1 Å². The average Bonchev–Trinajstić information content (AvgIpc) is 2.51. The lowest BCUT2D eigenvalue weighted by molar-refractivity contribution is -0.145. The molecular formula is C17H20N2O4. The summed E-state index contributed by atoms with van der Waals surface area (Å²) < 4.78 is 10.0. The van der Waals surface area contributed by atoms with E-state index in [0.29, 0.717) is 17.9 Å². The summed E-state index contributed by atoms with van der Waals surface area (Å²) in [7, 11) is 0. The molecule has 0 aromatic heterocycles. The zero-order chi connectivity index (χ0) is 17.2. The third kappa shape index (κ3) is 6.66. The highest BCUT2D eigenvalue weighted by Crippen LogP contribution is 2.14. The maximum atomic E-state index is 11.8. The van der Waals surface area contributed by atoms with Crippen LogP contribution >= 0.6 is 0 Å². The molecule has 0 unspecified atom stereocenters. The maximum absolute atomic E-state index is 11.8. The van der Waals surface area contributed by atoms with Crippen LogP contribution in [0.5, 0.6) is 5.75 Å². The minimum absolute atomic E-state index is 0.0268. The number of amides is 1. The van der Waals surface area contributed by atoms with E-state index >= 15 is 0 Å². The molecule has 0 atom stereocenters. The summed E-state index contributed by atoms with van der Waals surface area (Å²) in [4.78, 5) is 23.0. The molecule has 0 aliphatic carbocycles. The molecule has 1 aromatic carbocycles. The fraction of sp³-hybridized carbons (Fsp3) is 0.353. The summed E-state index contributed by atoms with van der Waals surface area (Å²) in [6.45, 7) is 5.51. The second-order valence-electron chi connectivity index (χ2n) is 4.96. The van der Waals surface area contributed by atoms with E-state index in [4.69, 9.17) is 14.7 Å². The molecule has 1 rings (SSSR count). The van der Waals surface area contributed by atoms with Gasteiger partial charge in [-0.3, -0.25) is 4.79 Å². The van der Waals surface area contributed by atoms with Crippen molar-refractivity contribution >= 4 is 18.0 Å². The summed E-state index contributed by atoms with van der Waals surface area (Å²) in [5, 5.41) is 11.7. The zero-order valence-electron chi connectivity index (χ0n) is 13.5. The number of benzene rings is 1. The molecule has 6 nitrogen and oxygen atoms in total. The van der Waals surface area contributed by atoms with Crippen LogP contribution < -0.4 is 10.1 Å². The standard InChI is InChI=1S/C17H20N2O4/c1-4-22-16(20)11-23-15-7-5-13(6-8-15)9-14(10-18)17(21)19-12(2)3/h5-9,12H,4,11H2,1-3H3,(H,19,21)/b14-9-. The van der Waals surface area contributed by atoms with Crippen molar-refractivity contribution in [2.24, 2.45) is 0 Å². The number of ether oxygens (including phenoxy) is 2. The fourth-order valence-corrected chi connectivity index (χ4v) is 1.66. The van der Waals surface area contributed by atoms with E-state index in [-0.39, 0.29) is 18.2 Å². The highest BCUT2D eigenvalue weighted by molar-refractivity contribution is 6.01. The van der Waals surface area contributed by atoms with Gasteiger partial charge in [0.05, 0.1) is 6.61 Å². The van der Waals surface area contributed by atoms with Gasteiger partial charge in [-0.15, -0.1) is 0 Å². The second-order valence-corrected chi connectivity index (χ2v) is 4.96. The molecule has 0 saturated carbocycles. The molecule has 0 aliphatic rings. The zero-order valence-corrected chi connectivity index (χ0v) is 13.5. The van der Waals surface area contributed by atoms with Crippen molar-refractivity contribution < 1.29 is 19.1 Å². The maximum Gasteiger partial charge on any atom is 0.344 e. The average molecular weight is 316 g/mol. The van der Waals surface area contributed by atoms with Gasteiger partial charge in [0.1, 0.15) is 17.4 Å². The lowest BCUT2D eigenvalue weighted by Gasteiger charge is -2.07. The first-order chi connectivity index (χ1) is 11.0. The number of hydrogen-bond donors (Lipinski definition) is 1. The van der Waals surface area contributed by atoms with Gasteiger partial charge in [-0.2, -0.15) is 5.26 Å². The van der Waals surface area contributed by atoms with Crippen molar-refractivity contribution in [1.29, 1.82) is 5.26 Å². The van der Waals surface area contributed by atoms with E-state index in [9.17, 15) is 9.59 Å². The Morgan fingerprint density at radius 2 is 1.96 bits per heavy atom. The van der Waals surface area contributed by atoms with Gasteiger partial charge in [0.2, 0.25) is 0 Å². The van der Waals surface area contributed by atoms with E-state index in [1.165, 1.54) is 6.08 Å². The number of carbonyl (C=O) groups excluding carboxylic acids is 2. The van der Waals surface area contributed by atoms with Gasteiger partial charge in [-0.25, -0.2) is 4.79 Å². The molecule has 0 spiro atoms. The Hall–Kier alpha value is -2.81. The van der Waals surface area contributed by atoms with Crippen LogP contribution in [0, 0.1) is 11.3 Å². The number of nitrogens with zero attached hydrogens (tertiary/aromatic N) is 1. The predicted molar refractivity (Wildman–Crippen MR) is 85.4 cm³/mol. The molecule has 1 amide bonds. The normalized spacial score (nSPS) is 10.8. The van der Waals surface area contributed by atoms with Crippen molar-refractivity contribution in [2.75, 3.05) is 13.2 Å². The minimum atomic E-state index is -0.436. The minimum Gasteiger partial charge on any atom is -0.482 e. The van der Waals surface area contributed by atoms with E-state index in [1.54, 1.807) is 31.2 Å². The Bertz CT molecular complexity index is 612. The lowest BCUT2D eigenvalue weighted by atomic mass is 10.1. The molecule has 122 valence electrons. The Kier molecular flexibility index (Phi) is 7.34. The van der Waals surface area contributed by atoms with Crippen LogP contribution in [0.4, 0.5) is 0 Å². The van der Waals surface area contributed by atoms with Crippen LogP contribution in [0.3, 0.4) is 0 Å². The smallest absolute Gasteiger partial charge is 0.344 e. The summed E-state index contributed by atoms with van der Waals surface area (Å²) in [5.41, 5.74) is 0.711. The van der Waals surface area contributed by atoms with Gasteiger partial charge in [-0.05, 0) is 44.5 Å². The van der Waals surface area contributed by atoms with Crippen LogP contribution in [-0.4, -0.2) is 31.1 Å². The van der Waals surface area contributed by atoms with Gasteiger partial charge in [0.15, 0.2) is 6.61 Å². The summed E-state index contributed by atoms with van der Waals surface area (Å²) in [5.74, 6) is -0.348. The fourth-order valence-electron chi connectivity index (χ4n) is 1.66. The second kappa shape index (κ2) is 9.26. The Labute approximate surface area is 135 Å². The highest BCUT2D eigenvalue weighted by Gasteiger charge is 2.10. The van der Waals surface area contributed by atoms with Crippen molar-refractivity contribution in [3.63, 3.8) is 0 Å². The van der Waals surface area contributed by atoms with Gasteiger partial charge in [0, 0.05) is 6.04 Å². The molecule has 1 N–H and O–H groups in total. The number of nitrogens with one attached hydrogen (secondary N) is 1. The third-order valence-electron chi connectivity index (χ3n) is 2.64. The lowest BCUT2D eigenvalue weighted by Crippen LogP contribution is -2.30. The molecule has 0 fully saturated rings. The Balaban J connectivity index is 2.72. The van der Waals surface area contributed by atoms with Crippen LogP contribution in [0.25, 0.3) is 6.08 Å². The summed E-state index contributed by atoms with van der Waals surface area (Å²) in [6.07, 6.45) is 1.49. The molecule has 0 saturated heterocycles. The van der Waals surface area contributed by atoms with Crippen molar-refractivity contribution in [1.82, 2.24) is 5.32 Å². The molecule has 0 heterocycles.